The summed E-state index contributed by atoms with van der Waals surface area (Å²) in [5, 5.41) is 3.50. The van der Waals surface area contributed by atoms with E-state index in [1.165, 1.54) is 27.2 Å². The van der Waals surface area contributed by atoms with Crippen LogP contribution in [-0.2, 0) is 0 Å². The normalized spacial score (nSPS) is 15.0. The Hall–Kier alpha value is -1.88. The van der Waals surface area contributed by atoms with Gasteiger partial charge < -0.3 is 10.2 Å². The van der Waals surface area contributed by atoms with Crippen LogP contribution in [0.3, 0.4) is 0 Å². The van der Waals surface area contributed by atoms with E-state index >= 15 is 0 Å². The highest BCUT2D eigenvalue weighted by atomic mass is 32.2. The molecule has 0 aliphatic heterocycles. The van der Waals surface area contributed by atoms with Gasteiger partial charge in [-0.05, 0) is 104 Å². The molecule has 0 radical (unpaired) electrons. The number of nitrogens with one attached hydrogen (secondary N) is 1. The van der Waals surface area contributed by atoms with Gasteiger partial charge in [0.05, 0.1) is 0 Å². The molecule has 0 heterocycles. The molecule has 1 aliphatic carbocycles. The van der Waals surface area contributed by atoms with Crippen molar-refractivity contribution in [2.75, 3.05) is 40.0 Å². The van der Waals surface area contributed by atoms with Crippen LogP contribution in [0.2, 0.25) is 0 Å². The maximum absolute atomic E-state index is 14.0. The van der Waals surface area contributed by atoms with Gasteiger partial charge in [0.2, 0.25) is 0 Å². The number of halogens is 1. The van der Waals surface area contributed by atoms with E-state index in [0.717, 1.165) is 37.2 Å². The Kier molecular flexibility index (Phi) is 7.11. The minimum Gasteiger partial charge on any atom is -0.315 e. The molecule has 28 heavy (non-hydrogen) atoms. The molecule has 0 spiro atoms. The van der Waals surface area contributed by atoms with Crippen LogP contribution >= 0.6 is 11.8 Å². The van der Waals surface area contributed by atoms with Gasteiger partial charge in [-0.2, -0.15) is 0 Å². The highest BCUT2D eigenvalue weighted by molar-refractivity contribution is 7.98. The topological polar surface area (TPSA) is 15.3 Å². The lowest BCUT2D eigenvalue weighted by Gasteiger charge is -2.11. The molecule has 0 aromatic heterocycles. The number of thioether (sulfide) groups is 1. The number of rotatable bonds is 8. The average Bonchev–Trinajstić information content (AvgIpc) is 2.93. The molecule has 3 rings (SSSR count). The van der Waals surface area contributed by atoms with Crippen LogP contribution in [0, 0.1) is 5.82 Å². The molecule has 2 aromatic carbocycles. The highest BCUT2D eigenvalue weighted by Crippen LogP contribution is 2.43. The number of benzene rings is 2. The second-order valence-electron chi connectivity index (χ2n) is 7.43. The lowest BCUT2D eigenvalue weighted by atomic mass is 10.0. The fourth-order valence-electron chi connectivity index (χ4n) is 3.58. The molecule has 1 aliphatic rings. The molecule has 0 fully saturated rings. The summed E-state index contributed by atoms with van der Waals surface area (Å²) in [4.78, 5) is 3.42. The van der Waals surface area contributed by atoms with E-state index in [4.69, 9.17) is 0 Å². The fraction of sp³-hybridized carbons (Fsp3) is 0.333. The third-order valence-electron chi connectivity index (χ3n) is 5.17. The maximum atomic E-state index is 14.0. The molecule has 0 amide bonds. The van der Waals surface area contributed by atoms with E-state index in [9.17, 15) is 4.39 Å². The van der Waals surface area contributed by atoms with Gasteiger partial charge in [-0.3, -0.25) is 0 Å². The van der Waals surface area contributed by atoms with Crippen LogP contribution in [0.4, 0.5) is 4.39 Å². The van der Waals surface area contributed by atoms with Crippen molar-refractivity contribution in [3.63, 3.8) is 0 Å². The van der Waals surface area contributed by atoms with E-state index in [1.54, 1.807) is 23.9 Å². The minimum atomic E-state index is -0.171. The first-order chi connectivity index (χ1) is 13.5. The van der Waals surface area contributed by atoms with E-state index < -0.39 is 0 Å². The Bertz CT molecular complexity index is 882. The smallest absolute Gasteiger partial charge is 0.123 e. The van der Waals surface area contributed by atoms with Crippen LogP contribution in [0.1, 0.15) is 30.0 Å². The summed E-state index contributed by atoms with van der Waals surface area (Å²) in [5.74, 6) is -0.171. The predicted molar refractivity (Wildman–Crippen MR) is 121 cm³/mol. The Balaban J connectivity index is 1.85. The Morgan fingerprint density at radius 1 is 1.04 bits per heavy atom. The average molecular weight is 397 g/mol. The Morgan fingerprint density at radius 3 is 2.46 bits per heavy atom. The summed E-state index contributed by atoms with van der Waals surface area (Å²) in [6.45, 7) is 5.03. The molecular weight excluding hydrogens is 367 g/mol. The summed E-state index contributed by atoms with van der Waals surface area (Å²) in [7, 11) is 4.15. The maximum Gasteiger partial charge on any atom is 0.123 e. The van der Waals surface area contributed by atoms with Crippen molar-refractivity contribution in [2.24, 2.45) is 0 Å². The van der Waals surface area contributed by atoms with Crippen LogP contribution in [0.15, 0.2) is 52.9 Å². The fourth-order valence-corrected chi connectivity index (χ4v) is 3.99. The summed E-state index contributed by atoms with van der Waals surface area (Å²) in [6, 6.07) is 13.8. The van der Waals surface area contributed by atoms with Gasteiger partial charge in [0.25, 0.3) is 0 Å². The SMILES string of the molecule is CSc1ccc(C=C2C(C)=C(CCNCCN(C)C)c3cc(F)ccc32)cc1. The van der Waals surface area contributed by atoms with Gasteiger partial charge in [-0.15, -0.1) is 11.8 Å². The Labute approximate surface area is 172 Å². The molecule has 0 unspecified atom stereocenters. The number of nitrogens with zero attached hydrogens (tertiary/aromatic N) is 1. The molecule has 148 valence electrons. The number of hydrogen-bond donors (Lipinski definition) is 1. The quantitative estimate of drug-likeness (QED) is 0.474. The molecule has 2 nitrogen and oxygen atoms in total. The number of allylic oxidation sites excluding steroid dienone is 2. The van der Waals surface area contributed by atoms with Crippen LogP contribution < -0.4 is 5.32 Å². The van der Waals surface area contributed by atoms with Crippen LogP contribution in [0.5, 0.6) is 0 Å². The van der Waals surface area contributed by atoms with Gasteiger partial charge in [0.1, 0.15) is 5.82 Å². The molecule has 0 atom stereocenters. The lowest BCUT2D eigenvalue weighted by molar-refractivity contribution is 0.401. The largest absolute Gasteiger partial charge is 0.315 e. The molecule has 1 N–H and O–H groups in total. The van der Waals surface area contributed by atoms with Gasteiger partial charge in [-0.25, -0.2) is 4.39 Å². The zero-order chi connectivity index (χ0) is 20.1. The standard InChI is InChI=1S/C24H29FN2S/c1-17-21(11-12-26-13-14-27(2)3)24-16-19(25)7-10-22(24)23(17)15-18-5-8-20(28-4)9-6-18/h5-10,15-16,26H,11-14H2,1-4H3. The number of likely N-dealkylation sites (N-methyl/N-ethyl adjacent to an activating group) is 1. The Morgan fingerprint density at radius 2 is 1.79 bits per heavy atom. The summed E-state index contributed by atoms with van der Waals surface area (Å²) in [5.41, 5.74) is 7.06. The molecule has 4 heteroatoms. The molecule has 0 saturated carbocycles. The molecule has 0 saturated heterocycles. The zero-order valence-corrected chi connectivity index (χ0v) is 18.0. The highest BCUT2D eigenvalue weighted by Gasteiger charge is 2.23. The summed E-state index contributed by atoms with van der Waals surface area (Å²) in [6.07, 6.45) is 5.21. The van der Waals surface area contributed by atoms with Crippen molar-refractivity contribution >= 4 is 29.0 Å². The first-order valence-corrected chi connectivity index (χ1v) is 10.9. The van der Waals surface area contributed by atoms with Gasteiger partial charge in [0, 0.05) is 18.0 Å². The van der Waals surface area contributed by atoms with Crippen molar-refractivity contribution < 1.29 is 4.39 Å². The van der Waals surface area contributed by atoms with E-state index in [2.05, 4.69) is 67.8 Å². The van der Waals surface area contributed by atoms with Crippen molar-refractivity contribution in [1.29, 1.82) is 0 Å². The van der Waals surface area contributed by atoms with E-state index in [0.29, 0.717) is 0 Å². The van der Waals surface area contributed by atoms with E-state index in [-0.39, 0.29) is 5.82 Å². The van der Waals surface area contributed by atoms with Crippen molar-refractivity contribution in [3.05, 3.63) is 70.5 Å². The molecule has 2 aromatic rings. The van der Waals surface area contributed by atoms with Crippen LogP contribution in [0.25, 0.3) is 17.2 Å². The molecular formula is C24H29FN2S. The first kappa shape index (κ1) is 20.8. The minimum absolute atomic E-state index is 0.171. The molecule has 0 bridgehead atoms. The number of fused-ring (bicyclic) bond motifs is 1. The second-order valence-corrected chi connectivity index (χ2v) is 8.31. The first-order valence-electron chi connectivity index (χ1n) is 9.71. The van der Waals surface area contributed by atoms with Gasteiger partial charge in [-0.1, -0.05) is 18.2 Å². The lowest BCUT2D eigenvalue weighted by Crippen LogP contribution is -2.27. The monoisotopic (exact) mass is 396 g/mol. The zero-order valence-electron chi connectivity index (χ0n) is 17.2. The summed E-state index contributed by atoms with van der Waals surface area (Å²) < 4.78 is 14.0. The second kappa shape index (κ2) is 9.55. The number of hydrogen-bond acceptors (Lipinski definition) is 3. The van der Waals surface area contributed by atoms with Crippen LogP contribution in [-0.4, -0.2) is 44.9 Å². The summed E-state index contributed by atoms with van der Waals surface area (Å²) >= 11 is 1.74. The van der Waals surface area contributed by atoms with Gasteiger partial charge >= 0.3 is 0 Å². The third-order valence-corrected chi connectivity index (χ3v) is 5.91. The van der Waals surface area contributed by atoms with Gasteiger partial charge in [0.15, 0.2) is 0 Å². The van der Waals surface area contributed by atoms with Crippen molar-refractivity contribution in [1.82, 2.24) is 10.2 Å². The van der Waals surface area contributed by atoms with Crippen molar-refractivity contribution in [2.45, 2.75) is 18.2 Å². The third kappa shape index (κ3) is 4.93. The predicted octanol–water partition coefficient (Wildman–Crippen LogP) is 5.42. The van der Waals surface area contributed by atoms with Crippen molar-refractivity contribution in [3.8, 4) is 0 Å². The van der Waals surface area contributed by atoms with E-state index in [1.807, 2.05) is 6.07 Å².